The number of halogens is 2. The van der Waals surface area contributed by atoms with Gasteiger partial charge in [0.25, 0.3) is 0 Å². The number of carbonyl (C=O) groups excluding carboxylic acids is 1. The Morgan fingerprint density at radius 1 is 1.33 bits per heavy atom. The lowest BCUT2D eigenvalue weighted by molar-refractivity contribution is -0.123. The molecule has 170 valence electrons. The van der Waals surface area contributed by atoms with Crippen LogP contribution in [-0.2, 0) is 4.79 Å². The van der Waals surface area contributed by atoms with Gasteiger partial charge in [-0.2, -0.15) is 0 Å². The van der Waals surface area contributed by atoms with Gasteiger partial charge in [-0.3, -0.25) is 4.79 Å². The van der Waals surface area contributed by atoms with E-state index in [1.165, 1.54) is 19.9 Å². The topological polar surface area (TPSA) is 108 Å². The summed E-state index contributed by atoms with van der Waals surface area (Å²) in [6.07, 6.45) is -0.0738. The van der Waals surface area contributed by atoms with E-state index in [-0.39, 0.29) is 35.4 Å². The minimum absolute atomic E-state index is 0.00794. The molecule has 0 bridgehead atoms. The highest BCUT2D eigenvalue weighted by molar-refractivity contribution is 6.30. The van der Waals surface area contributed by atoms with Crippen molar-refractivity contribution in [2.45, 2.75) is 83.2 Å². The van der Waals surface area contributed by atoms with E-state index in [0.717, 1.165) is 0 Å². The molecule has 8 heteroatoms. The molecule has 6 nitrogen and oxygen atoms in total. The summed E-state index contributed by atoms with van der Waals surface area (Å²) in [7, 11) is 0. The summed E-state index contributed by atoms with van der Waals surface area (Å²) in [4.78, 5) is 13.0. The molecule has 30 heavy (non-hydrogen) atoms. The molecule has 1 heterocycles. The number of carbonyl (C=O) groups is 1. The maximum absolute atomic E-state index is 14.8. The van der Waals surface area contributed by atoms with Crippen molar-refractivity contribution in [3.63, 3.8) is 0 Å². The van der Waals surface area contributed by atoms with Crippen LogP contribution in [0.5, 0.6) is 0 Å². The summed E-state index contributed by atoms with van der Waals surface area (Å²) < 4.78 is 14.8. The Bertz CT molecular complexity index is 748. The fourth-order valence-corrected chi connectivity index (χ4v) is 4.15. The number of aliphatic hydroxyl groups excluding tert-OH is 1. The van der Waals surface area contributed by atoms with E-state index in [9.17, 15) is 19.4 Å². The molecule has 1 aliphatic heterocycles. The van der Waals surface area contributed by atoms with E-state index in [0.29, 0.717) is 12.0 Å². The number of hydrogen-bond acceptors (Lipinski definition) is 5. The first-order valence-electron chi connectivity index (χ1n) is 10.4. The Kier molecular flexibility index (Phi) is 7.91. The average Bonchev–Trinajstić information content (AvgIpc) is 2.91. The van der Waals surface area contributed by atoms with Crippen molar-refractivity contribution < 1.29 is 19.4 Å². The van der Waals surface area contributed by atoms with Gasteiger partial charge in [-0.1, -0.05) is 44.5 Å². The molecule has 2 rings (SSSR count). The van der Waals surface area contributed by atoms with Crippen LogP contribution in [0.1, 0.15) is 58.9 Å². The molecule has 1 unspecified atom stereocenters. The summed E-state index contributed by atoms with van der Waals surface area (Å²) in [5, 5.41) is 25.9. The third kappa shape index (κ3) is 6.14. The van der Waals surface area contributed by atoms with Crippen molar-refractivity contribution >= 4 is 17.5 Å². The number of nitrogens with one attached hydrogen (secondary N) is 2. The number of aliphatic hydroxyl groups is 2. The second-order valence-corrected chi connectivity index (χ2v) is 10.4. The summed E-state index contributed by atoms with van der Waals surface area (Å²) >= 11 is 5.98. The molecular formula is C22H35ClFN3O3. The van der Waals surface area contributed by atoms with Crippen LogP contribution in [0.15, 0.2) is 18.2 Å². The fourth-order valence-electron chi connectivity index (χ4n) is 3.97. The highest BCUT2D eigenvalue weighted by atomic mass is 35.5. The summed E-state index contributed by atoms with van der Waals surface area (Å²) in [6, 6.07) is 3.35. The van der Waals surface area contributed by atoms with Crippen LogP contribution in [0, 0.1) is 11.2 Å². The zero-order valence-electron chi connectivity index (χ0n) is 18.4. The number of nitrogens with two attached hydrogens (primary N) is 1. The molecular weight excluding hydrogens is 409 g/mol. The maximum atomic E-state index is 14.8. The molecule has 1 aromatic rings. The third-order valence-corrected chi connectivity index (χ3v) is 5.91. The average molecular weight is 444 g/mol. The molecule has 0 aliphatic carbocycles. The standard InChI is InChI=1S/C22H35ClFN3O3/c1-21(2,3)11-14-18(25)16(12-7-6-8-13(23)17(12)24)19(27-14)20(29)26-10-9-15(28)22(4,5)30/h6-8,14-16,18-19,27-28,30H,9-11,25H2,1-5H3,(H,26,29)/t14-,15-,16+,18?,19+/m0/s1. The van der Waals surface area contributed by atoms with Gasteiger partial charge >= 0.3 is 0 Å². The van der Waals surface area contributed by atoms with E-state index in [1.54, 1.807) is 12.1 Å². The maximum Gasteiger partial charge on any atom is 0.237 e. The van der Waals surface area contributed by atoms with Gasteiger partial charge in [0, 0.05) is 24.5 Å². The fraction of sp³-hybridized carbons (Fsp3) is 0.682. The lowest BCUT2D eigenvalue weighted by Gasteiger charge is -2.27. The smallest absolute Gasteiger partial charge is 0.237 e. The molecule has 0 spiro atoms. The van der Waals surface area contributed by atoms with Gasteiger partial charge < -0.3 is 26.6 Å². The monoisotopic (exact) mass is 443 g/mol. The first kappa shape index (κ1) is 25.0. The van der Waals surface area contributed by atoms with Crippen molar-refractivity contribution in [1.29, 1.82) is 0 Å². The Hall–Kier alpha value is -1.25. The van der Waals surface area contributed by atoms with Gasteiger partial charge in [0.1, 0.15) is 5.82 Å². The molecule has 1 saturated heterocycles. The number of hydrogen-bond donors (Lipinski definition) is 5. The van der Waals surface area contributed by atoms with Crippen LogP contribution >= 0.6 is 11.6 Å². The minimum Gasteiger partial charge on any atom is -0.390 e. The lowest BCUT2D eigenvalue weighted by Crippen LogP contribution is -2.47. The first-order chi connectivity index (χ1) is 13.7. The summed E-state index contributed by atoms with van der Waals surface area (Å²) in [6.45, 7) is 9.44. The van der Waals surface area contributed by atoms with Gasteiger partial charge in [-0.05, 0) is 43.7 Å². The zero-order valence-corrected chi connectivity index (χ0v) is 19.1. The largest absolute Gasteiger partial charge is 0.390 e. The Morgan fingerprint density at radius 3 is 2.53 bits per heavy atom. The van der Waals surface area contributed by atoms with Gasteiger partial charge in [0.05, 0.1) is 22.8 Å². The second-order valence-electron chi connectivity index (χ2n) is 10.0. The predicted octanol–water partition coefficient (Wildman–Crippen LogP) is 2.30. The van der Waals surface area contributed by atoms with Crippen LogP contribution in [0.2, 0.25) is 5.02 Å². The molecule has 5 atom stereocenters. The quantitative estimate of drug-likeness (QED) is 0.444. The van der Waals surface area contributed by atoms with Gasteiger partial charge in [0.15, 0.2) is 0 Å². The molecule has 0 saturated carbocycles. The van der Waals surface area contributed by atoms with E-state index in [2.05, 4.69) is 31.4 Å². The highest BCUT2D eigenvalue weighted by Crippen LogP contribution is 2.37. The first-order valence-corrected chi connectivity index (χ1v) is 10.7. The zero-order chi connectivity index (χ0) is 22.9. The van der Waals surface area contributed by atoms with E-state index < -0.39 is 35.5 Å². The minimum atomic E-state index is -1.26. The van der Waals surface area contributed by atoms with Crippen molar-refractivity contribution in [2.24, 2.45) is 11.1 Å². The van der Waals surface area contributed by atoms with Crippen LogP contribution in [-0.4, -0.2) is 52.5 Å². The molecule has 0 radical (unpaired) electrons. The van der Waals surface area contributed by atoms with Gasteiger partial charge in [-0.15, -0.1) is 0 Å². The molecule has 0 aromatic heterocycles. The van der Waals surface area contributed by atoms with Crippen LogP contribution < -0.4 is 16.4 Å². The molecule has 1 aromatic carbocycles. The van der Waals surface area contributed by atoms with Crippen molar-refractivity contribution in [3.8, 4) is 0 Å². The summed E-state index contributed by atoms with van der Waals surface area (Å²) in [5.41, 5.74) is 5.54. The van der Waals surface area contributed by atoms with Crippen molar-refractivity contribution in [3.05, 3.63) is 34.6 Å². The normalized spacial score (nSPS) is 25.9. The Labute approximate surface area is 183 Å². The predicted molar refractivity (Wildman–Crippen MR) is 117 cm³/mol. The van der Waals surface area contributed by atoms with Crippen molar-refractivity contribution in [2.75, 3.05) is 6.54 Å². The SMILES string of the molecule is CC(C)(C)C[C@@H]1N[C@@H](C(=O)NCC[C@H](O)C(C)(C)O)[C@H](c2cccc(Cl)c2F)C1N. The molecule has 6 N–H and O–H groups in total. The lowest BCUT2D eigenvalue weighted by atomic mass is 9.81. The van der Waals surface area contributed by atoms with E-state index >= 15 is 0 Å². The molecule has 1 aliphatic rings. The number of amides is 1. The third-order valence-electron chi connectivity index (χ3n) is 5.62. The van der Waals surface area contributed by atoms with Gasteiger partial charge in [0.2, 0.25) is 5.91 Å². The number of benzene rings is 1. The number of rotatable bonds is 7. The molecule has 1 amide bonds. The van der Waals surface area contributed by atoms with Crippen LogP contribution in [0.4, 0.5) is 4.39 Å². The van der Waals surface area contributed by atoms with Crippen LogP contribution in [0.3, 0.4) is 0 Å². The summed E-state index contributed by atoms with van der Waals surface area (Å²) in [5.74, 6) is -1.47. The van der Waals surface area contributed by atoms with E-state index in [4.69, 9.17) is 17.3 Å². The molecule has 1 fully saturated rings. The van der Waals surface area contributed by atoms with Crippen LogP contribution in [0.25, 0.3) is 0 Å². The van der Waals surface area contributed by atoms with Gasteiger partial charge in [-0.25, -0.2) is 4.39 Å². The Morgan fingerprint density at radius 2 is 1.97 bits per heavy atom. The second kappa shape index (κ2) is 9.49. The Balaban J connectivity index is 2.22. The highest BCUT2D eigenvalue weighted by Gasteiger charge is 2.47. The van der Waals surface area contributed by atoms with E-state index in [1.807, 2.05) is 0 Å². The van der Waals surface area contributed by atoms with Crippen molar-refractivity contribution in [1.82, 2.24) is 10.6 Å².